The first-order chi connectivity index (χ1) is 10.6. The third-order valence-electron chi connectivity index (χ3n) is 2.99. The highest BCUT2D eigenvalue weighted by Gasteiger charge is 2.10. The maximum atomic E-state index is 11.0. The zero-order valence-electron chi connectivity index (χ0n) is 12.1. The number of carbonyl (C=O) groups is 1. The van der Waals surface area contributed by atoms with Crippen LogP contribution in [0.2, 0.25) is 0 Å². The number of aryl methyl sites for hydroxylation is 1. The molecule has 7 heteroatoms. The van der Waals surface area contributed by atoms with Crippen LogP contribution in [0.5, 0.6) is 6.01 Å². The first kappa shape index (κ1) is 13.9. The highest BCUT2D eigenvalue weighted by atomic mass is 16.5. The fraction of sp³-hybridized carbons (Fsp3) is 0.133. The summed E-state index contributed by atoms with van der Waals surface area (Å²) in [5.74, 6) is 0.0414. The molecule has 1 aromatic carbocycles. The maximum Gasteiger partial charge on any atom is 0.325 e. The number of ether oxygens (including phenoxy) is 1. The molecule has 0 saturated carbocycles. The number of para-hydroxylation sites is 1. The van der Waals surface area contributed by atoms with Crippen LogP contribution in [0.3, 0.4) is 0 Å². The zero-order valence-corrected chi connectivity index (χ0v) is 12.1. The van der Waals surface area contributed by atoms with Crippen LogP contribution in [0.25, 0.3) is 11.0 Å². The van der Waals surface area contributed by atoms with Crippen molar-refractivity contribution >= 4 is 28.5 Å². The molecule has 0 amide bonds. The van der Waals surface area contributed by atoms with E-state index in [9.17, 15) is 4.79 Å². The molecule has 7 nitrogen and oxygen atoms in total. The van der Waals surface area contributed by atoms with Gasteiger partial charge < -0.3 is 10.1 Å². The predicted octanol–water partition coefficient (Wildman–Crippen LogP) is 2.40. The number of hydrogen-bond acceptors (Lipinski definition) is 7. The molecule has 0 spiro atoms. The summed E-state index contributed by atoms with van der Waals surface area (Å²) >= 11 is 0. The molecule has 3 rings (SSSR count). The van der Waals surface area contributed by atoms with Gasteiger partial charge in [-0.1, -0.05) is 18.2 Å². The molecule has 1 N–H and O–H groups in total. The van der Waals surface area contributed by atoms with Gasteiger partial charge in [0.15, 0.2) is 5.82 Å². The second-order valence-corrected chi connectivity index (χ2v) is 4.64. The van der Waals surface area contributed by atoms with Gasteiger partial charge in [-0.3, -0.25) is 4.79 Å². The minimum Gasteiger partial charge on any atom is -0.391 e. The van der Waals surface area contributed by atoms with Gasteiger partial charge in [-0.05, 0) is 18.6 Å². The van der Waals surface area contributed by atoms with Crippen molar-refractivity contribution in [3.8, 4) is 6.01 Å². The van der Waals surface area contributed by atoms with E-state index in [1.54, 1.807) is 0 Å². The average Bonchev–Trinajstić information content (AvgIpc) is 2.49. The Morgan fingerprint density at radius 3 is 2.77 bits per heavy atom. The monoisotopic (exact) mass is 295 g/mol. The molecule has 0 bridgehead atoms. The number of nitrogens with zero attached hydrogens (tertiary/aromatic N) is 4. The van der Waals surface area contributed by atoms with Gasteiger partial charge in [-0.25, -0.2) is 15.0 Å². The van der Waals surface area contributed by atoms with E-state index in [-0.39, 0.29) is 6.01 Å². The Balaban J connectivity index is 2.05. The van der Waals surface area contributed by atoms with Crippen LogP contribution < -0.4 is 10.1 Å². The van der Waals surface area contributed by atoms with Crippen molar-refractivity contribution in [3.05, 3.63) is 42.4 Å². The lowest BCUT2D eigenvalue weighted by Crippen LogP contribution is -2.06. The first-order valence-electron chi connectivity index (χ1n) is 6.62. The highest BCUT2D eigenvalue weighted by Crippen LogP contribution is 2.24. The Hall–Kier alpha value is -3.09. The Morgan fingerprint density at radius 1 is 1.18 bits per heavy atom. The van der Waals surface area contributed by atoms with Gasteiger partial charge in [0.25, 0.3) is 0 Å². The summed E-state index contributed by atoms with van der Waals surface area (Å²) in [4.78, 5) is 27.5. The molecule has 0 aliphatic carbocycles. The number of nitrogens with one attached hydrogen (secondary N) is 1. The lowest BCUT2D eigenvalue weighted by Gasteiger charge is -2.10. The van der Waals surface area contributed by atoms with E-state index in [2.05, 4.69) is 25.3 Å². The minimum atomic E-state index is -0.482. The summed E-state index contributed by atoms with van der Waals surface area (Å²) in [5, 5.41) is 3.21. The molecule has 3 aromatic rings. The standard InChI is InChI=1S/C15H13N5O2/c1-9-5-3-4-6-11(9)19-14-13-12(17-8-18-14)7-16-15(20-13)22-10(2)21/h3-8H,1-2H3,(H,17,18,19). The third kappa shape index (κ3) is 2.83. The van der Waals surface area contributed by atoms with E-state index in [1.165, 1.54) is 19.4 Å². The molecule has 0 aliphatic heterocycles. The second kappa shape index (κ2) is 5.72. The van der Waals surface area contributed by atoms with Crippen LogP contribution in [-0.2, 0) is 4.79 Å². The lowest BCUT2D eigenvalue weighted by molar-refractivity contribution is -0.132. The normalized spacial score (nSPS) is 10.5. The van der Waals surface area contributed by atoms with Crippen LogP contribution in [0.1, 0.15) is 12.5 Å². The van der Waals surface area contributed by atoms with Crippen LogP contribution in [0, 0.1) is 6.92 Å². The van der Waals surface area contributed by atoms with Gasteiger partial charge in [-0.15, -0.1) is 0 Å². The summed E-state index contributed by atoms with van der Waals surface area (Å²) in [6, 6.07) is 7.79. The number of esters is 1. The van der Waals surface area contributed by atoms with Gasteiger partial charge in [0.05, 0.1) is 6.20 Å². The third-order valence-corrected chi connectivity index (χ3v) is 2.99. The fourth-order valence-corrected chi connectivity index (χ4v) is 1.95. The fourth-order valence-electron chi connectivity index (χ4n) is 1.95. The number of aromatic nitrogens is 4. The van der Waals surface area contributed by atoms with Gasteiger partial charge in [0, 0.05) is 12.6 Å². The molecule has 2 aromatic heterocycles. The van der Waals surface area contributed by atoms with Crippen molar-refractivity contribution in [2.45, 2.75) is 13.8 Å². The maximum absolute atomic E-state index is 11.0. The molecule has 0 unspecified atom stereocenters. The minimum absolute atomic E-state index is 0.0253. The van der Waals surface area contributed by atoms with Crippen molar-refractivity contribution in [1.29, 1.82) is 0 Å². The number of rotatable bonds is 3. The molecule has 0 saturated heterocycles. The largest absolute Gasteiger partial charge is 0.391 e. The molecule has 0 fully saturated rings. The summed E-state index contributed by atoms with van der Waals surface area (Å²) in [7, 11) is 0. The van der Waals surface area contributed by atoms with Crippen molar-refractivity contribution in [2.75, 3.05) is 5.32 Å². The van der Waals surface area contributed by atoms with Crippen LogP contribution in [0.15, 0.2) is 36.8 Å². The second-order valence-electron chi connectivity index (χ2n) is 4.64. The molecular weight excluding hydrogens is 282 g/mol. The number of anilines is 2. The number of hydrogen-bond donors (Lipinski definition) is 1. The van der Waals surface area contributed by atoms with E-state index in [4.69, 9.17) is 4.74 Å². The molecule has 22 heavy (non-hydrogen) atoms. The lowest BCUT2D eigenvalue weighted by atomic mass is 10.2. The van der Waals surface area contributed by atoms with Gasteiger partial charge in [0.2, 0.25) is 0 Å². The van der Waals surface area contributed by atoms with E-state index >= 15 is 0 Å². The topological polar surface area (TPSA) is 89.9 Å². The van der Waals surface area contributed by atoms with E-state index < -0.39 is 5.97 Å². The van der Waals surface area contributed by atoms with Crippen molar-refractivity contribution in [1.82, 2.24) is 19.9 Å². The number of benzene rings is 1. The van der Waals surface area contributed by atoms with E-state index in [0.29, 0.717) is 16.9 Å². The molecule has 0 atom stereocenters. The summed E-state index contributed by atoms with van der Waals surface area (Å²) in [6.45, 7) is 3.28. The van der Waals surface area contributed by atoms with Gasteiger partial charge in [0.1, 0.15) is 17.4 Å². The Kier molecular flexibility index (Phi) is 3.61. The van der Waals surface area contributed by atoms with Gasteiger partial charge >= 0.3 is 12.0 Å². The Morgan fingerprint density at radius 2 is 2.00 bits per heavy atom. The van der Waals surface area contributed by atoms with E-state index in [0.717, 1.165) is 11.3 Å². The van der Waals surface area contributed by atoms with E-state index in [1.807, 2.05) is 31.2 Å². The molecule has 0 aliphatic rings. The van der Waals surface area contributed by atoms with Crippen LogP contribution in [0.4, 0.5) is 11.5 Å². The van der Waals surface area contributed by atoms with Crippen LogP contribution >= 0.6 is 0 Å². The summed E-state index contributed by atoms with van der Waals surface area (Å²) < 4.78 is 4.91. The smallest absolute Gasteiger partial charge is 0.325 e. The number of fused-ring (bicyclic) bond motifs is 1. The summed E-state index contributed by atoms with van der Waals surface area (Å²) in [6.07, 6.45) is 2.92. The Labute approximate surface area is 126 Å². The quantitative estimate of drug-likeness (QED) is 0.742. The Bertz CT molecular complexity index is 850. The zero-order chi connectivity index (χ0) is 15.5. The van der Waals surface area contributed by atoms with Crippen molar-refractivity contribution < 1.29 is 9.53 Å². The predicted molar refractivity (Wildman–Crippen MR) is 80.9 cm³/mol. The van der Waals surface area contributed by atoms with Crippen LogP contribution in [-0.4, -0.2) is 25.9 Å². The molecule has 2 heterocycles. The SMILES string of the molecule is CC(=O)Oc1ncc2ncnc(Nc3ccccc3C)c2n1. The van der Waals surface area contributed by atoms with Crippen molar-refractivity contribution in [3.63, 3.8) is 0 Å². The summed E-state index contributed by atoms with van der Waals surface area (Å²) in [5.41, 5.74) is 3.03. The highest BCUT2D eigenvalue weighted by molar-refractivity contribution is 5.87. The number of carbonyl (C=O) groups excluding carboxylic acids is 1. The first-order valence-corrected chi connectivity index (χ1v) is 6.62. The van der Waals surface area contributed by atoms with Crippen molar-refractivity contribution in [2.24, 2.45) is 0 Å². The molecule has 0 radical (unpaired) electrons. The molecular formula is C15H13N5O2. The average molecular weight is 295 g/mol. The van der Waals surface area contributed by atoms with Gasteiger partial charge in [-0.2, -0.15) is 4.98 Å². The molecule has 110 valence electrons.